The maximum atomic E-state index is 11.7. The first-order chi connectivity index (χ1) is 9.97. The van der Waals surface area contributed by atoms with Crippen LogP contribution in [0, 0.1) is 17.2 Å². The molecule has 6 nitrogen and oxygen atoms in total. The summed E-state index contributed by atoms with van der Waals surface area (Å²) in [5.41, 5.74) is 0.495. The molecule has 0 saturated carbocycles. The van der Waals surface area contributed by atoms with Crippen molar-refractivity contribution in [3.63, 3.8) is 0 Å². The van der Waals surface area contributed by atoms with Gasteiger partial charge in [-0.2, -0.15) is 5.26 Å². The Morgan fingerprint density at radius 2 is 2.00 bits per heavy atom. The maximum absolute atomic E-state index is 11.7. The quantitative estimate of drug-likeness (QED) is 0.793. The van der Waals surface area contributed by atoms with Crippen molar-refractivity contribution in [3.05, 3.63) is 29.8 Å². The topological polar surface area (TPSA) is 99.4 Å². The van der Waals surface area contributed by atoms with Gasteiger partial charge in [-0.05, 0) is 30.2 Å². The molecule has 0 aromatic heterocycles. The Morgan fingerprint density at radius 3 is 2.48 bits per heavy atom. The van der Waals surface area contributed by atoms with Crippen LogP contribution < -0.4 is 10.1 Å². The van der Waals surface area contributed by atoms with Gasteiger partial charge in [-0.25, -0.2) is 4.79 Å². The Balaban J connectivity index is 2.52. The number of carboxylic acid groups (broad SMARTS) is 1. The number of carbonyl (C=O) groups excluding carboxylic acids is 1. The van der Waals surface area contributed by atoms with Crippen molar-refractivity contribution in [1.29, 1.82) is 5.26 Å². The Bertz CT molecular complexity index is 534. The van der Waals surface area contributed by atoms with Crippen LogP contribution in [0.25, 0.3) is 0 Å². The summed E-state index contributed by atoms with van der Waals surface area (Å²) < 4.78 is 5.25. The number of amides is 1. The zero-order chi connectivity index (χ0) is 15.8. The Hall–Kier alpha value is -2.55. The number of benzene rings is 1. The second-order valence-corrected chi connectivity index (χ2v) is 4.69. The fourth-order valence-electron chi connectivity index (χ4n) is 1.67. The minimum absolute atomic E-state index is 0.165. The molecule has 2 atom stereocenters. The minimum atomic E-state index is -1.06. The fourth-order valence-corrected chi connectivity index (χ4v) is 1.67. The molecule has 0 heterocycles. The first-order valence-electron chi connectivity index (χ1n) is 6.63. The molecule has 2 N–H and O–H groups in total. The minimum Gasteiger partial charge on any atom is -0.484 e. The van der Waals surface area contributed by atoms with E-state index in [0.717, 1.165) is 0 Å². The molecular formula is C15H18N2O4. The van der Waals surface area contributed by atoms with Crippen LogP contribution in [0.2, 0.25) is 0 Å². The van der Waals surface area contributed by atoms with Crippen LogP contribution in [0.1, 0.15) is 25.8 Å². The molecular weight excluding hydrogens is 272 g/mol. The number of hydrogen-bond donors (Lipinski definition) is 2. The normalized spacial score (nSPS) is 12.8. The number of aliphatic carboxylic acids is 1. The van der Waals surface area contributed by atoms with Gasteiger partial charge >= 0.3 is 5.97 Å². The molecule has 0 aliphatic heterocycles. The number of ether oxygens (including phenoxy) is 1. The summed E-state index contributed by atoms with van der Waals surface area (Å²) in [7, 11) is 0. The molecule has 1 aromatic rings. The zero-order valence-electron chi connectivity index (χ0n) is 12.0. The van der Waals surface area contributed by atoms with Gasteiger partial charge in [0.05, 0.1) is 11.6 Å². The van der Waals surface area contributed by atoms with Gasteiger partial charge in [-0.1, -0.05) is 20.3 Å². The smallest absolute Gasteiger partial charge is 0.326 e. The van der Waals surface area contributed by atoms with Crippen LogP contribution in [0.3, 0.4) is 0 Å². The van der Waals surface area contributed by atoms with Crippen molar-refractivity contribution in [1.82, 2.24) is 5.32 Å². The van der Waals surface area contributed by atoms with Crippen LogP contribution in [0.4, 0.5) is 0 Å². The number of nitrogens with zero attached hydrogens (tertiary/aromatic N) is 1. The summed E-state index contributed by atoms with van der Waals surface area (Å²) >= 11 is 0. The average Bonchev–Trinajstić information content (AvgIpc) is 2.50. The van der Waals surface area contributed by atoms with E-state index in [1.54, 1.807) is 31.2 Å². The molecule has 0 bridgehead atoms. The van der Waals surface area contributed by atoms with Crippen molar-refractivity contribution in [2.24, 2.45) is 5.92 Å². The Morgan fingerprint density at radius 1 is 1.38 bits per heavy atom. The highest BCUT2D eigenvalue weighted by Crippen LogP contribution is 2.12. The van der Waals surface area contributed by atoms with Crippen molar-refractivity contribution >= 4 is 11.9 Å². The van der Waals surface area contributed by atoms with Crippen LogP contribution in [-0.2, 0) is 9.59 Å². The number of nitriles is 1. The van der Waals surface area contributed by atoms with E-state index >= 15 is 0 Å². The second kappa shape index (κ2) is 7.90. The van der Waals surface area contributed by atoms with Crippen LogP contribution in [0.15, 0.2) is 24.3 Å². The van der Waals surface area contributed by atoms with E-state index in [4.69, 9.17) is 15.1 Å². The molecule has 0 saturated heterocycles. The molecule has 1 rings (SSSR count). The van der Waals surface area contributed by atoms with Gasteiger partial charge in [0.15, 0.2) is 6.61 Å². The van der Waals surface area contributed by atoms with Gasteiger partial charge in [-0.3, -0.25) is 4.79 Å². The van der Waals surface area contributed by atoms with Crippen molar-refractivity contribution in [2.75, 3.05) is 6.61 Å². The standard InChI is InChI=1S/C15H18N2O4/c1-3-10(2)14(15(19)20)17-13(18)9-21-12-6-4-11(8-16)5-7-12/h4-7,10,14H,3,9H2,1-2H3,(H,17,18)(H,19,20). The third kappa shape index (κ3) is 5.15. The first-order valence-corrected chi connectivity index (χ1v) is 6.63. The van der Waals surface area contributed by atoms with E-state index in [9.17, 15) is 9.59 Å². The Kier molecular flexibility index (Phi) is 6.21. The predicted octanol–water partition coefficient (Wildman–Crippen LogP) is 1.55. The van der Waals surface area contributed by atoms with E-state index in [1.165, 1.54) is 0 Å². The fraction of sp³-hybridized carbons (Fsp3) is 0.400. The van der Waals surface area contributed by atoms with Gasteiger partial charge < -0.3 is 15.2 Å². The molecule has 0 fully saturated rings. The van der Waals surface area contributed by atoms with E-state index in [0.29, 0.717) is 17.7 Å². The molecule has 112 valence electrons. The third-order valence-electron chi connectivity index (χ3n) is 3.15. The SMILES string of the molecule is CCC(C)C(NC(=O)COc1ccc(C#N)cc1)C(=O)O. The van der Waals surface area contributed by atoms with E-state index < -0.39 is 17.9 Å². The lowest BCUT2D eigenvalue weighted by molar-refractivity contribution is -0.143. The molecule has 0 aliphatic rings. The van der Waals surface area contributed by atoms with Gasteiger partial charge in [0, 0.05) is 0 Å². The predicted molar refractivity (Wildman–Crippen MR) is 75.7 cm³/mol. The lowest BCUT2D eigenvalue weighted by Gasteiger charge is -2.20. The molecule has 1 aromatic carbocycles. The van der Waals surface area contributed by atoms with Crippen molar-refractivity contribution in [3.8, 4) is 11.8 Å². The third-order valence-corrected chi connectivity index (χ3v) is 3.15. The largest absolute Gasteiger partial charge is 0.484 e. The summed E-state index contributed by atoms with van der Waals surface area (Å²) in [5.74, 6) is -1.27. The van der Waals surface area contributed by atoms with Gasteiger partial charge in [0.1, 0.15) is 11.8 Å². The van der Waals surface area contributed by atoms with Crippen LogP contribution in [-0.4, -0.2) is 29.6 Å². The summed E-state index contributed by atoms with van der Waals surface area (Å²) in [5, 5.41) is 20.2. The Labute approximate surface area is 123 Å². The summed E-state index contributed by atoms with van der Waals surface area (Å²) in [6.45, 7) is 3.35. The van der Waals surface area contributed by atoms with Gasteiger partial charge in [0.25, 0.3) is 5.91 Å². The van der Waals surface area contributed by atoms with Crippen LogP contribution in [0.5, 0.6) is 5.75 Å². The first kappa shape index (κ1) is 16.5. The van der Waals surface area contributed by atoms with Crippen LogP contribution >= 0.6 is 0 Å². The van der Waals surface area contributed by atoms with E-state index in [2.05, 4.69) is 5.32 Å². The number of rotatable bonds is 7. The summed E-state index contributed by atoms with van der Waals surface area (Å²) in [6.07, 6.45) is 0.647. The molecule has 0 radical (unpaired) electrons. The van der Waals surface area contributed by atoms with E-state index in [-0.39, 0.29) is 12.5 Å². The monoisotopic (exact) mass is 290 g/mol. The lowest BCUT2D eigenvalue weighted by atomic mass is 9.99. The summed E-state index contributed by atoms with van der Waals surface area (Å²) in [4.78, 5) is 22.8. The molecule has 2 unspecified atom stereocenters. The zero-order valence-corrected chi connectivity index (χ0v) is 12.0. The number of carboxylic acids is 1. The maximum Gasteiger partial charge on any atom is 0.326 e. The number of carbonyl (C=O) groups is 2. The van der Waals surface area contributed by atoms with Crippen molar-refractivity contribution in [2.45, 2.75) is 26.3 Å². The second-order valence-electron chi connectivity index (χ2n) is 4.69. The molecule has 0 aliphatic carbocycles. The van der Waals surface area contributed by atoms with Crippen molar-refractivity contribution < 1.29 is 19.4 Å². The number of nitrogens with one attached hydrogen (secondary N) is 1. The average molecular weight is 290 g/mol. The highest BCUT2D eigenvalue weighted by molar-refractivity contribution is 5.84. The molecule has 1 amide bonds. The van der Waals surface area contributed by atoms with Gasteiger partial charge in [0.2, 0.25) is 0 Å². The molecule has 6 heteroatoms. The van der Waals surface area contributed by atoms with Gasteiger partial charge in [-0.15, -0.1) is 0 Å². The molecule has 0 spiro atoms. The lowest BCUT2D eigenvalue weighted by Crippen LogP contribution is -2.46. The number of hydrogen-bond acceptors (Lipinski definition) is 4. The highest BCUT2D eigenvalue weighted by Gasteiger charge is 2.25. The highest BCUT2D eigenvalue weighted by atomic mass is 16.5. The summed E-state index contributed by atoms with van der Waals surface area (Å²) in [6, 6.07) is 7.36. The van der Waals surface area contributed by atoms with E-state index in [1.807, 2.05) is 13.0 Å². The molecule has 21 heavy (non-hydrogen) atoms.